The van der Waals surface area contributed by atoms with E-state index in [4.69, 9.17) is 4.42 Å². The minimum absolute atomic E-state index is 0.850. The minimum atomic E-state index is 0.850. The van der Waals surface area contributed by atoms with E-state index in [2.05, 4.69) is 254 Å². The molecule has 0 radical (unpaired) electrons. The molecule has 0 aliphatic rings. The summed E-state index contributed by atoms with van der Waals surface area (Å²) in [6.45, 7) is 0. The Morgan fingerprint density at radius 3 is 1.50 bits per heavy atom. The Balaban J connectivity index is 1.04. The molecule has 1 heterocycles. The van der Waals surface area contributed by atoms with E-state index >= 15 is 0 Å². The maximum atomic E-state index is 7.05. The van der Waals surface area contributed by atoms with Gasteiger partial charge >= 0.3 is 0 Å². The van der Waals surface area contributed by atoms with Crippen molar-refractivity contribution < 1.29 is 4.42 Å². The molecule has 13 aromatic rings. The summed E-state index contributed by atoms with van der Waals surface area (Å²) in [6, 6.07) is 90.2. The molecule has 0 bridgehead atoms. The summed E-state index contributed by atoms with van der Waals surface area (Å²) in [7, 11) is 0. The minimum Gasteiger partial charge on any atom is -0.453 e. The predicted molar refractivity (Wildman–Crippen MR) is 280 cm³/mol. The zero-order chi connectivity index (χ0) is 43.6. The van der Waals surface area contributed by atoms with E-state index in [0.29, 0.717) is 0 Å². The van der Waals surface area contributed by atoms with Crippen LogP contribution in [0, 0.1) is 0 Å². The van der Waals surface area contributed by atoms with E-state index in [1.165, 1.54) is 60.1 Å². The number of furan rings is 1. The van der Waals surface area contributed by atoms with E-state index < -0.39 is 0 Å². The van der Waals surface area contributed by atoms with Gasteiger partial charge in [0.1, 0.15) is 5.58 Å². The van der Waals surface area contributed by atoms with Gasteiger partial charge in [-0.15, -0.1) is 0 Å². The fraction of sp³-hybridized carbons (Fsp3) is 0. The van der Waals surface area contributed by atoms with Crippen LogP contribution in [0.15, 0.2) is 253 Å². The number of benzene rings is 12. The van der Waals surface area contributed by atoms with E-state index in [9.17, 15) is 0 Å². The van der Waals surface area contributed by atoms with Crippen LogP contribution in [-0.4, -0.2) is 0 Å². The van der Waals surface area contributed by atoms with Gasteiger partial charge in [-0.2, -0.15) is 0 Å². The molecule has 0 unspecified atom stereocenters. The van der Waals surface area contributed by atoms with Crippen molar-refractivity contribution in [2.45, 2.75) is 0 Å². The maximum Gasteiger partial charge on any atom is 0.159 e. The molecule has 0 aliphatic carbocycles. The van der Waals surface area contributed by atoms with Crippen LogP contribution in [0.5, 0.6) is 0 Å². The van der Waals surface area contributed by atoms with Gasteiger partial charge in [-0.1, -0.05) is 206 Å². The highest BCUT2D eigenvalue weighted by atomic mass is 16.3. The fourth-order valence-electron chi connectivity index (χ4n) is 10.4. The molecule has 2 heteroatoms. The number of nitrogens with zero attached hydrogens (tertiary/aromatic N) is 1. The highest BCUT2D eigenvalue weighted by molar-refractivity contribution is 6.22. The second-order valence-corrected chi connectivity index (χ2v) is 17.2. The number of rotatable bonds is 7. The molecule has 1 aromatic heterocycles. The highest BCUT2D eigenvalue weighted by Crippen LogP contribution is 2.48. The third kappa shape index (κ3) is 6.18. The zero-order valence-electron chi connectivity index (χ0n) is 36.0. The van der Waals surface area contributed by atoms with Gasteiger partial charge in [0.25, 0.3) is 0 Å². The first-order valence-corrected chi connectivity index (χ1v) is 22.7. The SMILES string of the molecule is c1ccc(-c2c(-c3ccccc3)c3cc(-c4cccc(N(c5cccc(-c6cccc7ccccc67)c5)c5cccc6c5oc5c7ccccc7ccc65)c4)ccc3c3ccccc23)cc1. The first-order chi connectivity index (χ1) is 32.7. The second kappa shape index (κ2) is 15.5. The number of fused-ring (bicyclic) bond motifs is 9. The van der Waals surface area contributed by atoms with Crippen LogP contribution < -0.4 is 4.90 Å². The largest absolute Gasteiger partial charge is 0.453 e. The van der Waals surface area contributed by atoms with Crippen LogP contribution in [-0.2, 0) is 0 Å². The summed E-state index contributed by atoms with van der Waals surface area (Å²) >= 11 is 0. The number of hydrogen-bond acceptors (Lipinski definition) is 2. The summed E-state index contributed by atoms with van der Waals surface area (Å²) in [6.07, 6.45) is 0. The van der Waals surface area contributed by atoms with Gasteiger partial charge in [-0.3, -0.25) is 0 Å². The van der Waals surface area contributed by atoms with Crippen molar-refractivity contribution in [1.82, 2.24) is 0 Å². The monoisotopic (exact) mass is 839 g/mol. The van der Waals surface area contributed by atoms with Crippen molar-refractivity contribution in [3.8, 4) is 44.5 Å². The number of hydrogen-bond donors (Lipinski definition) is 0. The van der Waals surface area contributed by atoms with Crippen molar-refractivity contribution in [3.63, 3.8) is 0 Å². The molecule has 12 aromatic carbocycles. The van der Waals surface area contributed by atoms with Crippen molar-refractivity contribution in [3.05, 3.63) is 249 Å². The Morgan fingerprint density at radius 1 is 0.258 bits per heavy atom. The highest BCUT2D eigenvalue weighted by Gasteiger charge is 2.23. The molecule has 66 heavy (non-hydrogen) atoms. The van der Waals surface area contributed by atoms with Gasteiger partial charge in [0.15, 0.2) is 5.58 Å². The summed E-state index contributed by atoms with van der Waals surface area (Å²) < 4.78 is 7.05. The Hall–Kier alpha value is -8.72. The molecule has 0 spiro atoms. The smallest absolute Gasteiger partial charge is 0.159 e. The lowest BCUT2D eigenvalue weighted by molar-refractivity contribution is 0.673. The predicted octanol–water partition coefficient (Wildman–Crippen LogP) is 18.3. The van der Waals surface area contributed by atoms with Gasteiger partial charge in [0, 0.05) is 27.5 Å². The van der Waals surface area contributed by atoms with Crippen molar-refractivity contribution in [1.29, 1.82) is 0 Å². The molecule has 0 aliphatic heterocycles. The Labute approximate surface area is 382 Å². The standard InChI is InChI=1S/C64H41NO/c1-3-19-44(20-4-1)61-56-31-12-11-30-54(56)55-37-36-47(41-59(55)62(61)45-21-5-2-6-22-45)46-24-13-26-49(39-46)65(50-27-14-25-48(40-50)52-32-15-23-42-17-7-9-28-51(42)52)60-34-16-33-57-58-38-35-43-18-8-10-29-53(43)63(58)66-64(57)60/h1-41H. The van der Waals surface area contributed by atoms with Crippen molar-refractivity contribution in [2.24, 2.45) is 0 Å². The van der Waals surface area contributed by atoms with Gasteiger partial charge in [-0.25, -0.2) is 0 Å². The van der Waals surface area contributed by atoms with Gasteiger partial charge < -0.3 is 9.32 Å². The quantitative estimate of drug-likeness (QED) is 0.149. The average Bonchev–Trinajstić information content (AvgIpc) is 3.79. The average molecular weight is 840 g/mol. The molecule has 13 rings (SSSR count). The number of anilines is 3. The first-order valence-electron chi connectivity index (χ1n) is 22.7. The third-order valence-electron chi connectivity index (χ3n) is 13.4. The van der Waals surface area contributed by atoms with Crippen LogP contribution >= 0.6 is 0 Å². The topological polar surface area (TPSA) is 16.4 Å². The van der Waals surface area contributed by atoms with Gasteiger partial charge in [0.05, 0.1) is 5.69 Å². The Bertz CT molecular complexity index is 3990. The molecule has 0 amide bonds. The molecule has 2 nitrogen and oxygen atoms in total. The lowest BCUT2D eigenvalue weighted by atomic mass is 9.84. The van der Waals surface area contributed by atoms with Crippen LogP contribution in [0.1, 0.15) is 0 Å². The van der Waals surface area contributed by atoms with Gasteiger partial charge in [0.2, 0.25) is 0 Å². The lowest BCUT2D eigenvalue weighted by Gasteiger charge is -2.27. The zero-order valence-corrected chi connectivity index (χ0v) is 36.0. The van der Waals surface area contributed by atoms with Crippen LogP contribution in [0.4, 0.5) is 17.1 Å². The van der Waals surface area contributed by atoms with E-state index in [1.54, 1.807) is 0 Å². The summed E-state index contributed by atoms with van der Waals surface area (Å²) in [5, 5.41) is 11.9. The van der Waals surface area contributed by atoms with E-state index in [0.717, 1.165) is 66.5 Å². The van der Waals surface area contributed by atoms with Crippen LogP contribution in [0.25, 0.3) is 110 Å². The molecular weight excluding hydrogens is 799 g/mol. The fourth-order valence-corrected chi connectivity index (χ4v) is 10.4. The first kappa shape index (κ1) is 37.8. The number of para-hydroxylation sites is 1. The van der Waals surface area contributed by atoms with E-state index in [-0.39, 0.29) is 0 Å². The maximum absolute atomic E-state index is 7.05. The Morgan fingerprint density at radius 2 is 0.742 bits per heavy atom. The second-order valence-electron chi connectivity index (χ2n) is 17.2. The molecule has 308 valence electrons. The Kier molecular flexibility index (Phi) is 8.89. The molecular formula is C64H41NO. The van der Waals surface area contributed by atoms with Gasteiger partial charge in [-0.05, 0) is 125 Å². The third-order valence-corrected chi connectivity index (χ3v) is 13.4. The summed E-state index contributed by atoms with van der Waals surface area (Å²) in [5.74, 6) is 0. The van der Waals surface area contributed by atoms with Crippen molar-refractivity contribution in [2.75, 3.05) is 4.90 Å². The lowest BCUT2D eigenvalue weighted by Crippen LogP contribution is -2.10. The van der Waals surface area contributed by atoms with E-state index in [1.807, 2.05) is 0 Å². The van der Waals surface area contributed by atoms with Crippen molar-refractivity contribution >= 4 is 82.1 Å². The molecule has 0 saturated heterocycles. The molecule has 0 atom stereocenters. The normalized spacial score (nSPS) is 11.6. The van der Waals surface area contributed by atoms with Crippen LogP contribution in [0.2, 0.25) is 0 Å². The summed E-state index contributed by atoms with van der Waals surface area (Å²) in [4.78, 5) is 2.38. The summed E-state index contributed by atoms with van der Waals surface area (Å²) in [5.41, 5.74) is 14.3. The molecule has 0 fully saturated rings. The van der Waals surface area contributed by atoms with Crippen LogP contribution in [0.3, 0.4) is 0 Å². The molecule has 0 saturated carbocycles. The molecule has 0 N–H and O–H groups in total.